The van der Waals surface area contributed by atoms with Gasteiger partial charge in [-0.15, -0.1) is 0 Å². The summed E-state index contributed by atoms with van der Waals surface area (Å²) >= 11 is 0. The summed E-state index contributed by atoms with van der Waals surface area (Å²) in [7, 11) is 0. The van der Waals surface area contributed by atoms with Crippen LogP contribution in [0.2, 0.25) is 0 Å². The van der Waals surface area contributed by atoms with Crippen molar-refractivity contribution < 1.29 is 14.7 Å². The number of aromatic nitrogens is 2. The molecule has 0 bridgehead atoms. The Hall–Kier alpha value is -1.85. The van der Waals surface area contributed by atoms with Crippen molar-refractivity contribution in [2.75, 3.05) is 0 Å². The first-order valence-corrected chi connectivity index (χ1v) is 6.47. The Morgan fingerprint density at radius 1 is 1.47 bits per heavy atom. The molecule has 1 aromatic heterocycles. The predicted octanol–water partition coefficient (Wildman–Crippen LogP) is 1.26. The number of carboxylic acids is 1. The molecule has 6 nitrogen and oxygen atoms in total. The number of nitrogens with one attached hydrogen (secondary N) is 1. The second-order valence-corrected chi connectivity index (χ2v) is 4.65. The Morgan fingerprint density at radius 3 is 2.63 bits per heavy atom. The monoisotopic (exact) mass is 267 g/mol. The topological polar surface area (TPSA) is 84.2 Å². The number of aliphatic carboxylic acids is 1. The lowest BCUT2D eigenvalue weighted by Gasteiger charge is -2.13. The van der Waals surface area contributed by atoms with Crippen molar-refractivity contribution in [2.24, 2.45) is 0 Å². The van der Waals surface area contributed by atoms with Crippen molar-refractivity contribution in [1.82, 2.24) is 15.1 Å². The molecule has 0 saturated carbocycles. The molecule has 0 aromatic carbocycles. The molecule has 19 heavy (non-hydrogen) atoms. The largest absolute Gasteiger partial charge is 0.480 e. The number of carbonyl (C=O) groups is 2. The van der Waals surface area contributed by atoms with E-state index in [4.69, 9.17) is 5.11 Å². The number of nitrogens with zero attached hydrogens (tertiary/aromatic N) is 2. The third-order valence-corrected chi connectivity index (χ3v) is 2.86. The summed E-state index contributed by atoms with van der Waals surface area (Å²) in [6.07, 6.45) is 1.39. The molecule has 1 atom stereocenters. The number of carboxylic acid groups (broad SMARTS) is 1. The lowest BCUT2D eigenvalue weighted by atomic mass is 10.1. The van der Waals surface area contributed by atoms with Crippen molar-refractivity contribution in [3.8, 4) is 0 Å². The summed E-state index contributed by atoms with van der Waals surface area (Å²) < 4.78 is 1.75. The van der Waals surface area contributed by atoms with Crippen LogP contribution in [0.1, 0.15) is 37.6 Å². The highest BCUT2D eigenvalue weighted by atomic mass is 16.4. The smallest absolute Gasteiger partial charge is 0.326 e. The summed E-state index contributed by atoms with van der Waals surface area (Å²) in [6, 6.07) is 1.15. The van der Waals surface area contributed by atoms with E-state index in [0.29, 0.717) is 19.4 Å². The van der Waals surface area contributed by atoms with Crippen LogP contribution in [0, 0.1) is 13.8 Å². The summed E-state index contributed by atoms with van der Waals surface area (Å²) in [4.78, 5) is 22.6. The highest BCUT2D eigenvalue weighted by Gasteiger charge is 2.18. The third-order valence-electron chi connectivity index (χ3n) is 2.86. The number of rotatable bonds is 7. The molecule has 0 fully saturated rings. The van der Waals surface area contributed by atoms with E-state index in [1.807, 2.05) is 26.8 Å². The number of hydrogen-bond donors (Lipinski definition) is 2. The Balaban J connectivity index is 2.47. The van der Waals surface area contributed by atoms with E-state index >= 15 is 0 Å². The van der Waals surface area contributed by atoms with Gasteiger partial charge in [-0.25, -0.2) is 4.79 Å². The number of carbonyl (C=O) groups excluding carboxylic acids is 1. The molecule has 0 spiro atoms. The molecule has 0 radical (unpaired) electrons. The zero-order valence-electron chi connectivity index (χ0n) is 11.6. The molecule has 1 heterocycles. The van der Waals surface area contributed by atoms with Gasteiger partial charge in [0, 0.05) is 18.7 Å². The van der Waals surface area contributed by atoms with Crippen LogP contribution in [-0.2, 0) is 16.1 Å². The maximum Gasteiger partial charge on any atom is 0.326 e. The zero-order valence-corrected chi connectivity index (χ0v) is 11.6. The minimum absolute atomic E-state index is 0.232. The molecule has 0 saturated heterocycles. The highest BCUT2D eigenvalue weighted by molar-refractivity contribution is 5.83. The summed E-state index contributed by atoms with van der Waals surface area (Å²) in [5, 5.41) is 15.7. The molecule has 0 aliphatic carbocycles. The van der Waals surface area contributed by atoms with E-state index in [1.165, 1.54) is 0 Å². The molecule has 2 N–H and O–H groups in total. The van der Waals surface area contributed by atoms with E-state index in [2.05, 4.69) is 10.4 Å². The molecule has 1 rings (SSSR count). The van der Waals surface area contributed by atoms with Crippen LogP contribution in [0.5, 0.6) is 0 Å². The van der Waals surface area contributed by atoms with Gasteiger partial charge in [-0.2, -0.15) is 5.10 Å². The van der Waals surface area contributed by atoms with Crippen molar-refractivity contribution in [3.63, 3.8) is 0 Å². The molecule has 6 heteroatoms. The van der Waals surface area contributed by atoms with Crippen LogP contribution in [0.3, 0.4) is 0 Å². The van der Waals surface area contributed by atoms with Gasteiger partial charge in [-0.1, -0.05) is 13.3 Å². The fraction of sp³-hybridized carbons (Fsp3) is 0.615. The zero-order chi connectivity index (χ0) is 14.4. The van der Waals surface area contributed by atoms with Crippen molar-refractivity contribution >= 4 is 11.9 Å². The molecule has 0 unspecified atom stereocenters. The quantitative estimate of drug-likeness (QED) is 0.779. The molecule has 0 aliphatic rings. The fourth-order valence-corrected chi connectivity index (χ4v) is 1.92. The summed E-state index contributed by atoms with van der Waals surface area (Å²) in [5.41, 5.74) is 1.90. The SMILES string of the molecule is CCC[C@H](NC(=O)CCn1nc(C)cc1C)C(=O)O. The molecular formula is C13H21N3O3. The van der Waals surface area contributed by atoms with Crippen molar-refractivity contribution in [3.05, 3.63) is 17.5 Å². The van der Waals surface area contributed by atoms with Gasteiger partial charge in [0.05, 0.1) is 5.69 Å². The van der Waals surface area contributed by atoms with Gasteiger partial charge in [0.25, 0.3) is 0 Å². The summed E-state index contributed by atoms with van der Waals surface area (Å²) in [6.45, 7) is 6.17. The van der Waals surface area contributed by atoms with E-state index < -0.39 is 12.0 Å². The average Bonchev–Trinajstić information content (AvgIpc) is 2.64. The maximum atomic E-state index is 11.7. The lowest BCUT2D eigenvalue weighted by molar-refractivity contribution is -0.142. The van der Waals surface area contributed by atoms with Gasteiger partial charge in [0.2, 0.25) is 5.91 Å². The Bertz CT molecular complexity index is 454. The first-order valence-electron chi connectivity index (χ1n) is 6.47. The summed E-state index contributed by atoms with van der Waals surface area (Å²) in [5.74, 6) is -1.24. The van der Waals surface area contributed by atoms with E-state index in [1.54, 1.807) is 4.68 Å². The highest BCUT2D eigenvalue weighted by Crippen LogP contribution is 2.03. The van der Waals surface area contributed by atoms with Gasteiger partial charge in [-0.3, -0.25) is 9.48 Å². The van der Waals surface area contributed by atoms with E-state index in [-0.39, 0.29) is 12.3 Å². The molecule has 0 aliphatic heterocycles. The van der Waals surface area contributed by atoms with E-state index in [9.17, 15) is 9.59 Å². The van der Waals surface area contributed by atoms with Gasteiger partial charge in [-0.05, 0) is 26.3 Å². The first kappa shape index (κ1) is 15.2. The number of amides is 1. The van der Waals surface area contributed by atoms with Gasteiger partial charge in [0.1, 0.15) is 6.04 Å². The second-order valence-electron chi connectivity index (χ2n) is 4.65. The van der Waals surface area contributed by atoms with Crippen LogP contribution in [-0.4, -0.2) is 32.8 Å². The predicted molar refractivity (Wildman–Crippen MR) is 70.8 cm³/mol. The lowest BCUT2D eigenvalue weighted by Crippen LogP contribution is -2.40. The van der Waals surface area contributed by atoms with Crippen molar-refractivity contribution in [1.29, 1.82) is 0 Å². The second kappa shape index (κ2) is 6.92. The van der Waals surface area contributed by atoms with E-state index in [0.717, 1.165) is 11.4 Å². The third kappa shape index (κ3) is 4.73. The number of hydrogen-bond acceptors (Lipinski definition) is 3. The van der Waals surface area contributed by atoms with Crippen LogP contribution in [0.4, 0.5) is 0 Å². The molecule has 1 amide bonds. The Kier molecular flexibility index (Phi) is 5.54. The Morgan fingerprint density at radius 2 is 2.16 bits per heavy atom. The van der Waals surface area contributed by atoms with Gasteiger partial charge in [0.15, 0.2) is 0 Å². The first-order chi connectivity index (χ1) is 8.93. The van der Waals surface area contributed by atoms with Crippen molar-refractivity contribution in [2.45, 2.75) is 52.6 Å². The Labute approximate surface area is 112 Å². The molecular weight excluding hydrogens is 246 g/mol. The standard InChI is InChI=1S/C13H21N3O3/c1-4-5-11(13(18)19)14-12(17)6-7-16-10(3)8-9(2)15-16/h8,11H,4-7H2,1-3H3,(H,14,17)(H,18,19)/t11-/m0/s1. The number of aryl methyl sites for hydroxylation is 3. The minimum Gasteiger partial charge on any atom is -0.480 e. The van der Waals surface area contributed by atoms with Gasteiger partial charge >= 0.3 is 5.97 Å². The molecule has 106 valence electrons. The van der Waals surface area contributed by atoms with Gasteiger partial charge < -0.3 is 10.4 Å². The average molecular weight is 267 g/mol. The van der Waals surface area contributed by atoms with Crippen LogP contribution < -0.4 is 5.32 Å². The van der Waals surface area contributed by atoms with Crippen LogP contribution in [0.15, 0.2) is 6.07 Å². The fourth-order valence-electron chi connectivity index (χ4n) is 1.92. The maximum absolute atomic E-state index is 11.7. The molecule has 1 aromatic rings. The normalized spacial score (nSPS) is 12.2. The minimum atomic E-state index is -0.985. The van der Waals surface area contributed by atoms with Crippen LogP contribution in [0.25, 0.3) is 0 Å². The van der Waals surface area contributed by atoms with Crippen LogP contribution >= 0.6 is 0 Å².